The van der Waals surface area contributed by atoms with Crippen molar-refractivity contribution < 1.29 is 33.8 Å². The minimum atomic E-state index is -1.33. The topological polar surface area (TPSA) is 165 Å². The largest absolute Gasteiger partial charge is 0.480 e. The summed E-state index contributed by atoms with van der Waals surface area (Å²) in [5.41, 5.74) is 5.83. The zero-order chi connectivity index (χ0) is 22.5. The van der Waals surface area contributed by atoms with E-state index in [4.69, 9.17) is 10.5 Å². The molecule has 11 heteroatoms. The van der Waals surface area contributed by atoms with Crippen LogP contribution in [0, 0.1) is 0 Å². The van der Waals surface area contributed by atoms with Gasteiger partial charge in [-0.1, -0.05) is 46.3 Å². The molecule has 0 bridgehead atoms. The lowest BCUT2D eigenvalue weighted by Crippen LogP contribution is -2.52. The van der Waals surface area contributed by atoms with Gasteiger partial charge in [0, 0.05) is 12.8 Å². The first-order valence-electron chi connectivity index (χ1n) is 9.09. The molecule has 164 valence electrons. The minimum Gasteiger partial charge on any atom is -0.480 e. The molecule has 3 amide bonds. The van der Waals surface area contributed by atoms with Gasteiger partial charge >= 0.3 is 12.1 Å². The molecule has 0 aliphatic heterocycles. The number of carboxylic acids is 1. The number of aliphatic carboxylic acids is 1. The highest BCUT2D eigenvalue weighted by atomic mass is 79.9. The molecule has 0 aliphatic carbocycles. The molecule has 0 aromatic heterocycles. The molecule has 10 nitrogen and oxygen atoms in total. The Kier molecular flexibility index (Phi) is 11.1. The second kappa shape index (κ2) is 13.3. The number of carboxylic acid groups (broad SMARTS) is 1. The predicted molar refractivity (Wildman–Crippen MR) is 110 cm³/mol. The molecule has 1 aromatic carbocycles. The van der Waals surface area contributed by atoms with Crippen molar-refractivity contribution in [2.75, 3.05) is 5.33 Å². The summed E-state index contributed by atoms with van der Waals surface area (Å²) in [4.78, 5) is 58.4. The number of carbonyl (C=O) groups excluding carboxylic acids is 4. The van der Waals surface area contributed by atoms with E-state index >= 15 is 0 Å². The smallest absolute Gasteiger partial charge is 0.408 e. The first-order chi connectivity index (χ1) is 14.2. The zero-order valence-electron chi connectivity index (χ0n) is 16.1. The number of carbonyl (C=O) groups is 5. The van der Waals surface area contributed by atoms with Crippen molar-refractivity contribution in [3.63, 3.8) is 0 Å². The Labute approximate surface area is 181 Å². The van der Waals surface area contributed by atoms with Crippen LogP contribution in [-0.4, -0.2) is 52.2 Å². The molecule has 0 fully saturated rings. The highest BCUT2D eigenvalue weighted by Crippen LogP contribution is 2.05. The van der Waals surface area contributed by atoms with Gasteiger partial charge in [0.1, 0.15) is 24.5 Å². The summed E-state index contributed by atoms with van der Waals surface area (Å²) in [5, 5.41) is 13.9. The Bertz CT molecular complexity index is 758. The number of alkyl carbamates (subject to hydrolysis) is 1. The van der Waals surface area contributed by atoms with Crippen molar-refractivity contribution in [2.45, 2.75) is 44.4 Å². The number of halogens is 1. The Morgan fingerprint density at radius 1 is 1.00 bits per heavy atom. The number of amides is 3. The second-order valence-corrected chi connectivity index (χ2v) is 6.93. The molecule has 30 heavy (non-hydrogen) atoms. The van der Waals surface area contributed by atoms with Crippen LogP contribution in [0.3, 0.4) is 0 Å². The molecule has 1 aromatic rings. The lowest BCUT2D eigenvalue weighted by Gasteiger charge is -2.21. The fraction of sp³-hybridized carbons (Fsp3) is 0.421. The molecule has 0 saturated carbocycles. The second-order valence-electron chi connectivity index (χ2n) is 6.37. The average Bonchev–Trinajstić information content (AvgIpc) is 2.72. The number of Topliss-reactive ketones (excluding diaryl/α,β-unsaturated/α-hetero) is 1. The van der Waals surface area contributed by atoms with Crippen LogP contribution < -0.4 is 16.4 Å². The fourth-order valence-electron chi connectivity index (χ4n) is 2.36. The average molecular weight is 486 g/mol. The molecule has 1 rings (SSSR count). The molecule has 2 atom stereocenters. The summed E-state index contributed by atoms with van der Waals surface area (Å²) in [6, 6.07) is 6.26. The van der Waals surface area contributed by atoms with Gasteiger partial charge in [0.05, 0.1) is 5.33 Å². The van der Waals surface area contributed by atoms with E-state index < -0.39 is 36.0 Å². The summed E-state index contributed by atoms with van der Waals surface area (Å²) < 4.78 is 5.05. The molecular formula is C19H24BrN3O7. The summed E-state index contributed by atoms with van der Waals surface area (Å²) >= 11 is 2.98. The molecule has 0 unspecified atom stereocenters. The van der Waals surface area contributed by atoms with Crippen LogP contribution in [0.2, 0.25) is 0 Å². The third kappa shape index (κ3) is 10.0. The number of primary amides is 1. The third-order valence-electron chi connectivity index (χ3n) is 3.98. The van der Waals surface area contributed by atoms with Crippen LogP contribution in [0.15, 0.2) is 30.3 Å². The van der Waals surface area contributed by atoms with E-state index in [9.17, 15) is 29.1 Å². The normalized spacial score (nSPS) is 12.3. The number of ether oxygens (including phenoxy) is 1. The molecule has 0 aliphatic rings. The first-order valence-corrected chi connectivity index (χ1v) is 10.2. The number of ketones is 1. The van der Waals surface area contributed by atoms with Crippen LogP contribution in [0.25, 0.3) is 0 Å². The van der Waals surface area contributed by atoms with Crippen LogP contribution >= 0.6 is 15.9 Å². The molecule has 0 spiro atoms. The lowest BCUT2D eigenvalue weighted by molar-refractivity contribution is -0.142. The molecule has 5 N–H and O–H groups in total. The van der Waals surface area contributed by atoms with Crippen LogP contribution in [-0.2, 0) is 30.5 Å². The van der Waals surface area contributed by atoms with E-state index in [1.165, 1.54) is 0 Å². The van der Waals surface area contributed by atoms with Gasteiger partial charge in [0.2, 0.25) is 11.8 Å². The van der Waals surface area contributed by atoms with E-state index in [0.29, 0.717) is 0 Å². The maximum Gasteiger partial charge on any atom is 0.408 e. The van der Waals surface area contributed by atoms with Gasteiger partial charge in [-0.2, -0.15) is 0 Å². The van der Waals surface area contributed by atoms with Gasteiger partial charge in [-0.3, -0.25) is 14.4 Å². The summed E-state index contributed by atoms with van der Waals surface area (Å²) in [6.07, 6.45) is -1.44. The van der Waals surface area contributed by atoms with Gasteiger partial charge in [0.25, 0.3) is 0 Å². The van der Waals surface area contributed by atoms with Crippen molar-refractivity contribution in [2.24, 2.45) is 5.73 Å². The van der Waals surface area contributed by atoms with E-state index in [1.807, 2.05) is 0 Å². The fourth-order valence-corrected chi connectivity index (χ4v) is 2.64. The minimum absolute atomic E-state index is 0.0385. The highest BCUT2D eigenvalue weighted by molar-refractivity contribution is 9.09. The number of hydrogen-bond acceptors (Lipinski definition) is 6. The van der Waals surface area contributed by atoms with Crippen molar-refractivity contribution in [1.29, 1.82) is 0 Å². The van der Waals surface area contributed by atoms with Gasteiger partial charge in [-0.25, -0.2) is 9.59 Å². The molecule has 0 radical (unpaired) electrons. The quantitative estimate of drug-likeness (QED) is 0.300. The van der Waals surface area contributed by atoms with E-state index in [0.717, 1.165) is 5.56 Å². The summed E-state index contributed by atoms with van der Waals surface area (Å²) in [6.45, 7) is -0.0385. The van der Waals surface area contributed by atoms with Crippen molar-refractivity contribution in [3.8, 4) is 0 Å². The first kappa shape index (κ1) is 25.1. The Balaban J connectivity index is 2.72. The van der Waals surface area contributed by atoms with Crippen molar-refractivity contribution >= 4 is 45.6 Å². The van der Waals surface area contributed by atoms with E-state index in [1.54, 1.807) is 30.3 Å². The number of nitrogens with two attached hydrogens (primary N) is 1. The maximum atomic E-state index is 12.5. The van der Waals surface area contributed by atoms with Crippen LogP contribution in [0.5, 0.6) is 0 Å². The van der Waals surface area contributed by atoms with Gasteiger partial charge in [-0.15, -0.1) is 0 Å². The Hall–Kier alpha value is -2.95. The SMILES string of the molecule is NC(=O)CC[C@H](NC(=O)OCc1ccccc1)C(=O)N[C@@H](CCC(=O)CBr)C(=O)O. The number of rotatable bonds is 13. The molecular weight excluding hydrogens is 462 g/mol. The van der Waals surface area contributed by atoms with Gasteiger partial charge in [0.15, 0.2) is 0 Å². The van der Waals surface area contributed by atoms with Crippen molar-refractivity contribution in [1.82, 2.24) is 10.6 Å². The maximum absolute atomic E-state index is 12.5. The zero-order valence-corrected chi connectivity index (χ0v) is 17.7. The number of benzene rings is 1. The Morgan fingerprint density at radius 3 is 2.20 bits per heavy atom. The Morgan fingerprint density at radius 2 is 1.63 bits per heavy atom. The van der Waals surface area contributed by atoms with Gasteiger partial charge in [-0.05, 0) is 18.4 Å². The summed E-state index contributed by atoms with van der Waals surface area (Å²) in [7, 11) is 0. The predicted octanol–water partition coefficient (Wildman–Crippen LogP) is 0.860. The monoisotopic (exact) mass is 485 g/mol. The van der Waals surface area contributed by atoms with Crippen molar-refractivity contribution in [3.05, 3.63) is 35.9 Å². The standard InChI is InChI=1S/C19H24BrN3O7/c20-10-13(24)6-7-15(18(27)28)22-17(26)14(8-9-16(21)25)23-19(29)30-11-12-4-2-1-3-5-12/h1-5,14-15H,6-11H2,(H2,21,25)(H,22,26)(H,23,29)(H,27,28)/t14-,15-/m0/s1. The highest BCUT2D eigenvalue weighted by Gasteiger charge is 2.27. The van der Waals surface area contributed by atoms with Crippen LogP contribution in [0.1, 0.15) is 31.2 Å². The van der Waals surface area contributed by atoms with Crippen LogP contribution in [0.4, 0.5) is 4.79 Å². The third-order valence-corrected chi connectivity index (χ3v) is 4.60. The van der Waals surface area contributed by atoms with E-state index in [2.05, 4.69) is 26.6 Å². The summed E-state index contributed by atoms with van der Waals surface area (Å²) in [5.74, 6) is -3.06. The number of nitrogens with one attached hydrogen (secondary N) is 2. The number of hydrogen-bond donors (Lipinski definition) is 4. The van der Waals surface area contributed by atoms with E-state index in [-0.39, 0.29) is 43.4 Å². The lowest BCUT2D eigenvalue weighted by atomic mass is 10.1. The van der Waals surface area contributed by atoms with Gasteiger partial charge < -0.3 is 26.2 Å². The number of alkyl halides is 1. The molecule has 0 saturated heterocycles. The molecule has 0 heterocycles.